The maximum atomic E-state index is 14.2. The molecule has 0 bridgehead atoms. The maximum absolute atomic E-state index is 14.2. The first-order valence-electron chi connectivity index (χ1n) is 7.20. The van der Waals surface area contributed by atoms with Gasteiger partial charge < -0.3 is 10.2 Å². The van der Waals surface area contributed by atoms with Crippen molar-refractivity contribution in [1.29, 1.82) is 0 Å². The van der Waals surface area contributed by atoms with Crippen molar-refractivity contribution >= 4 is 5.69 Å². The molecular formula is C16H25FN2. The lowest BCUT2D eigenvalue weighted by molar-refractivity contribution is 0.460. The fourth-order valence-electron chi connectivity index (χ4n) is 2.16. The summed E-state index contributed by atoms with van der Waals surface area (Å²) in [6.45, 7) is 7.19. The molecule has 1 aliphatic rings. The van der Waals surface area contributed by atoms with Crippen molar-refractivity contribution in [2.75, 3.05) is 11.9 Å². The second-order valence-electron chi connectivity index (χ2n) is 6.13. The first-order chi connectivity index (χ1) is 8.95. The molecule has 0 saturated heterocycles. The number of nitrogens with zero attached hydrogens (tertiary/aromatic N) is 1. The molecular weight excluding hydrogens is 239 g/mol. The maximum Gasteiger partial charge on any atom is 0.146 e. The lowest BCUT2D eigenvalue weighted by Crippen LogP contribution is -2.41. The van der Waals surface area contributed by atoms with Crippen LogP contribution >= 0.6 is 0 Å². The summed E-state index contributed by atoms with van der Waals surface area (Å²) in [4.78, 5) is 2.08. The van der Waals surface area contributed by atoms with Gasteiger partial charge in [0, 0.05) is 25.2 Å². The van der Waals surface area contributed by atoms with Crippen LogP contribution in [-0.2, 0) is 6.54 Å². The zero-order valence-electron chi connectivity index (χ0n) is 12.5. The minimum absolute atomic E-state index is 0.0451. The first-order valence-corrected chi connectivity index (χ1v) is 7.20. The molecule has 0 unspecified atom stereocenters. The number of hydrogen-bond acceptors (Lipinski definition) is 2. The number of anilines is 1. The molecule has 1 fully saturated rings. The van der Waals surface area contributed by atoms with E-state index in [1.54, 1.807) is 12.1 Å². The van der Waals surface area contributed by atoms with Crippen LogP contribution in [0.4, 0.5) is 10.1 Å². The summed E-state index contributed by atoms with van der Waals surface area (Å²) >= 11 is 0. The van der Waals surface area contributed by atoms with Crippen LogP contribution in [0, 0.1) is 5.82 Å². The monoisotopic (exact) mass is 264 g/mol. The Morgan fingerprint density at radius 3 is 2.63 bits per heavy atom. The molecule has 0 radical (unpaired) electrons. The third-order valence-corrected chi connectivity index (χ3v) is 4.34. The molecule has 1 aliphatic carbocycles. The molecule has 0 aromatic heterocycles. The topological polar surface area (TPSA) is 15.3 Å². The van der Waals surface area contributed by atoms with Crippen LogP contribution in [0.25, 0.3) is 0 Å². The van der Waals surface area contributed by atoms with E-state index in [0.717, 1.165) is 24.2 Å². The Balaban J connectivity index is 2.25. The van der Waals surface area contributed by atoms with E-state index in [9.17, 15) is 4.39 Å². The first kappa shape index (κ1) is 14.3. The van der Waals surface area contributed by atoms with E-state index in [0.29, 0.717) is 6.04 Å². The molecule has 19 heavy (non-hydrogen) atoms. The normalized spacial score (nSPS) is 15.6. The van der Waals surface area contributed by atoms with Crippen molar-refractivity contribution in [3.63, 3.8) is 0 Å². The third-order valence-electron chi connectivity index (χ3n) is 4.34. The average Bonchev–Trinajstić information content (AvgIpc) is 3.19. The molecule has 2 nitrogen and oxygen atoms in total. The van der Waals surface area contributed by atoms with E-state index < -0.39 is 0 Å². The summed E-state index contributed by atoms with van der Waals surface area (Å²) < 4.78 is 14.2. The van der Waals surface area contributed by atoms with Crippen LogP contribution in [-0.4, -0.2) is 18.6 Å². The second kappa shape index (κ2) is 5.49. The molecule has 0 spiro atoms. The molecule has 1 N–H and O–H groups in total. The second-order valence-corrected chi connectivity index (χ2v) is 6.13. The van der Waals surface area contributed by atoms with Gasteiger partial charge in [-0.1, -0.05) is 19.1 Å². The van der Waals surface area contributed by atoms with Crippen molar-refractivity contribution in [3.8, 4) is 0 Å². The Bertz CT molecular complexity index is 438. The fourth-order valence-corrected chi connectivity index (χ4v) is 2.16. The quantitative estimate of drug-likeness (QED) is 0.842. The van der Waals surface area contributed by atoms with E-state index >= 15 is 0 Å². The van der Waals surface area contributed by atoms with Gasteiger partial charge in [0.1, 0.15) is 5.82 Å². The van der Waals surface area contributed by atoms with Crippen molar-refractivity contribution < 1.29 is 4.39 Å². The van der Waals surface area contributed by atoms with Gasteiger partial charge in [0.05, 0.1) is 5.69 Å². The standard InChI is InChI=1S/C16H25FN2/c1-5-16(2,3)19(4)15-12(7-6-8-14(15)17)11-18-13-9-10-13/h6-8,13,18H,5,9-11H2,1-4H3. The van der Waals surface area contributed by atoms with Gasteiger partial charge in [-0.25, -0.2) is 4.39 Å². The SMILES string of the molecule is CCC(C)(C)N(C)c1c(F)cccc1CNC1CC1. The highest BCUT2D eigenvalue weighted by Crippen LogP contribution is 2.31. The highest BCUT2D eigenvalue weighted by atomic mass is 19.1. The van der Waals surface area contributed by atoms with Gasteiger partial charge in [-0.3, -0.25) is 0 Å². The van der Waals surface area contributed by atoms with E-state index in [1.165, 1.54) is 12.8 Å². The molecule has 1 saturated carbocycles. The van der Waals surface area contributed by atoms with Crippen LogP contribution in [0.15, 0.2) is 18.2 Å². The number of hydrogen-bond donors (Lipinski definition) is 1. The van der Waals surface area contributed by atoms with E-state index in [1.807, 2.05) is 13.1 Å². The number of benzene rings is 1. The number of nitrogens with one attached hydrogen (secondary N) is 1. The minimum atomic E-state index is -0.126. The molecule has 1 aromatic carbocycles. The number of para-hydroxylation sites is 1. The van der Waals surface area contributed by atoms with Crippen molar-refractivity contribution in [3.05, 3.63) is 29.6 Å². The van der Waals surface area contributed by atoms with Gasteiger partial charge in [-0.2, -0.15) is 0 Å². The summed E-state index contributed by atoms with van der Waals surface area (Å²) in [6, 6.07) is 6.02. The molecule has 0 amide bonds. The van der Waals surface area contributed by atoms with Gasteiger partial charge in [-0.05, 0) is 44.7 Å². The highest BCUT2D eigenvalue weighted by molar-refractivity contribution is 5.56. The summed E-state index contributed by atoms with van der Waals surface area (Å²) in [5.41, 5.74) is 1.75. The van der Waals surface area contributed by atoms with Gasteiger partial charge >= 0.3 is 0 Å². The lowest BCUT2D eigenvalue weighted by Gasteiger charge is -2.38. The predicted octanol–water partition coefficient (Wildman–Crippen LogP) is 3.70. The Kier molecular flexibility index (Phi) is 4.14. The molecule has 0 aliphatic heterocycles. The van der Waals surface area contributed by atoms with Crippen LogP contribution < -0.4 is 10.2 Å². The molecule has 2 rings (SSSR count). The summed E-state index contributed by atoms with van der Waals surface area (Å²) in [6.07, 6.45) is 3.48. The fraction of sp³-hybridized carbons (Fsp3) is 0.625. The third kappa shape index (κ3) is 3.27. The Morgan fingerprint density at radius 1 is 1.37 bits per heavy atom. The van der Waals surface area contributed by atoms with E-state index in [2.05, 4.69) is 31.0 Å². The van der Waals surface area contributed by atoms with Crippen LogP contribution in [0.5, 0.6) is 0 Å². The largest absolute Gasteiger partial charge is 0.367 e. The molecule has 3 heteroatoms. The van der Waals surface area contributed by atoms with Gasteiger partial charge in [-0.15, -0.1) is 0 Å². The molecule has 0 atom stereocenters. The molecule has 1 aromatic rings. The van der Waals surface area contributed by atoms with Crippen molar-refractivity contribution in [2.24, 2.45) is 0 Å². The highest BCUT2D eigenvalue weighted by Gasteiger charge is 2.26. The molecule has 0 heterocycles. The smallest absolute Gasteiger partial charge is 0.146 e. The zero-order valence-corrected chi connectivity index (χ0v) is 12.5. The Morgan fingerprint density at radius 2 is 2.05 bits per heavy atom. The van der Waals surface area contributed by atoms with E-state index in [-0.39, 0.29) is 11.4 Å². The van der Waals surface area contributed by atoms with Crippen LogP contribution in [0.3, 0.4) is 0 Å². The summed E-state index contributed by atoms with van der Waals surface area (Å²) in [5.74, 6) is -0.126. The van der Waals surface area contributed by atoms with Gasteiger partial charge in [0.2, 0.25) is 0 Å². The number of rotatable bonds is 6. The summed E-state index contributed by atoms with van der Waals surface area (Å²) in [7, 11) is 1.99. The minimum Gasteiger partial charge on any atom is -0.367 e. The van der Waals surface area contributed by atoms with Crippen LogP contribution in [0.1, 0.15) is 45.6 Å². The van der Waals surface area contributed by atoms with Crippen molar-refractivity contribution in [2.45, 2.75) is 58.2 Å². The van der Waals surface area contributed by atoms with Crippen molar-refractivity contribution in [1.82, 2.24) is 5.32 Å². The zero-order chi connectivity index (χ0) is 14.0. The summed E-state index contributed by atoms with van der Waals surface area (Å²) in [5, 5.41) is 3.47. The van der Waals surface area contributed by atoms with Crippen LogP contribution in [0.2, 0.25) is 0 Å². The molecule has 106 valence electrons. The Hall–Kier alpha value is -1.09. The lowest BCUT2D eigenvalue weighted by atomic mass is 9.97. The van der Waals surface area contributed by atoms with E-state index in [4.69, 9.17) is 0 Å². The van der Waals surface area contributed by atoms with Gasteiger partial charge in [0.25, 0.3) is 0 Å². The predicted molar refractivity (Wildman–Crippen MR) is 79.0 cm³/mol. The Labute approximate surface area is 116 Å². The number of halogens is 1. The average molecular weight is 264 g/mol. The van der Waals surface area contributed by atoms with Gasteiger partial charge in [0.15, 0.2) is 0 Å².